The van der Waals surface area contributed by atoms with Gasteiger partial charge in [0.25, 0.3) is 0 Å². The molecule has 9 rings (SSSR count). The van der Waals surface area contributed by atoms with Crippen LogP contribution < -0.4 is 0 Å². The molecule has 0 aliphatic heterocycles. The first kappa shape index (κ1) is 18.0. The summed E-state index contributed by atoms with van der Waals surface area (Å²) in [7, 11) is 0. The van der Waals surface area contributed by atoms with Crippen molar-refractivity contribution in [3.63, 3.8) is 0 Å². The lowest BCUT2D eigenvalue weighted by Gasteiger charge is -2.21. The minimum absolute atomic E-state index is 0.0458. The van der Waals surface area contributed by atoms with Crippen LogP contribution in [0.4, 0.5) is 0 Å². The second kappa shape index (κ2) is 10.4. The molecule has 0 fully saturated rings. The Kier molecular flexibility index (Phi) is 4.15. The SMILES string of the molecule is [2H]c1c([2H])c([2H])c(-c2c([2H])c([2H])c([2H])c([2H])c2-c2c3ccccc3c(-c3cccc4oc5ccccc5c34)c3ccc(-c4ccccc4)cc23)c([2H])c1[2H]. The van der Waals surface area contributed by atoms with Gasteiger partial charge in [-0.05, 0) is 84.3 Å². The van der Waals surface area contributed by atoms with Crippen LogP contribution in [0.1, 0.15) is 12.3 Å². The van der Waals surface area contributed by atoms with E-state index in [-0.39, 0.29) is 22.7 Å². The van der Waals surface area contributed by atoms with Gasteiger partial charge in [0.05, 0.1) is 12.3 Å². The largest absolute Gasteiger partial charge is 0.456 e. The molecule has 0 saturated heterocycles. The summed E-state index contributed by atoms with van der Waals surface area (Å²) < 4.78 is 85.7. The Morgan fingerprint density at radius 2 is 1.00 bits per heavy atom. The third-order valence-electron chi connectivity index (χ3n) is 8.49. The predicted molar refractivity (Wildman–Crippen MR) is 190 cm³/mol. The summed E-state index contributed by atoms with van der Waals surface area (Å²) in [6, 6.07) is 32.5. The molecule has 45 heavy (non-hydrogen) atoms. The van der Waals surface area contributed by atoms with Crippen molar-refractivity contribution < 1.29 is 16.8 Å². The van der Waals surface area contributed by atoms with E-state index < -0.39 is 48.3 Å². The van der Waals surface area contributed by atoms with E-state index >= 15 is 0 Å². The van der Waals surface area contributed by atoms with Gasteiger partial charge in [0, 0.05) is 10.8 Å². The van der Waals surface area contributed by atoms with Crippen molar-refractivity contribution in [3.8, 4) is 44.5 Å². The van der Waals surface area contributed by atoms with E-state index in [1.807, 2.05) is 109 Å². The average Bonchev–Trinajstić information content (AvgIpc) is 3.59. The van der Waals surface area contributed by atoms with Gasteiger partial charge >= 0.3 is 0 Å². The average molecular weight is 582 g/mol. The van der Waals surface area contributed by atoms with Crippen molar-refractivity contribution in [3.05, 3.63) is 170 Å². The summed E-state index contributed by atoms with van der Waals surface area (Å²) in [4.78, 5) is 0. The van der Waals surface area contributed by atoms with Crippen molar-refractivity contribution >= 4 is 43.5 Å². The van der Waals surface area contributed by atoms with Crippen molar-refractivity contribution in [2.24, 2.45) is 0 Å². The van der Waals surface area contributed by atoms with E-state index in [0.29, 0.717) is 16.3 Å². The Morgan fingerprint density at radius 1 is 0.378 bits per heavy atom. The van der Waals surface area contributed by atoms with Crippen LogP contribution in [0.2, 0.25) is 0 Å². The van der Waals surface area contributed by atoms with Crippen LogP contribution >= 0.6 is 0 Å². The maximum atomic E-state index is 9.46. The number of para-hydroxylation sites is 1. The fourth-order valence-corrected chi connectivity index (χ4v) is 6.59. The second-order valence-corrected chi connectivity index (χ2v) is 10.9. The van der Waals surface area contributed by atoms with Gasteiger partial charge in [0.1, 0.15) is 11.2 Å². The normalized spacial score (nSPS) is 14.4. The molecule has 0 saturated carbocycles. The number of hydrogen-bond acceptors (Lipinski definition) is 1. The minimum Gasteiger partial charge on any atom is -0.456 e. The molecule has 0 bridgehead atoms. The summed E-state index contributed by atoms with van der Waals surface area (Å²) in [5.74, 6) is 0. The Labute approximate surface area is 274 Å². The highest BCUT2D eigenvalue weighted by Gasteiger charge is 2.22. The first-order valence-electron chi connectivity index (χ1n) is 19.2. The van der Waals surface area contributed by atoms with Gasteiger partial charge in [0.2, 0.25) is 0 Å². The molecule has 0 aliphatic carbocycles. The molecule has 1 heterocycles. The molecule has 0 radical (unpaired) electrons. The van der Waals surface area contributed by atoms with Gasteiger partial charge in [-0.1, -0.05) is 151 Å². The topological polar surface area (TPSA) is 13.1 Å². The minimum atomic E-state index is -0.596. The molecule has 0 aliphatic rings. The third-order valence-corrected chi connectivity index (χ3v) is 8.49. The summed E-state index contributed by atoms with van der Waals surface area (Å²) in [5.41, 5.74) is 5.13. The van der Waals surface area contributed by atoms with E-state index in [0.717, 1.165) is 55.0 Å². The highest BCUT2D eigenvalue weighted by atomic mass is 16.3. The molecule has 8 aromatic carbocycles. The maximum Gasteiger partial charge on any atom is 0.136 e. The Bertz CT molecular complexity index is 3010. The van der Waals surface area contributed by atoms with E-state index in [2.05, 4.69) is 6.07 Å². The molecule has 1 nitrogen and oxygen atoms in total. The lowest BCUT2D eigenvalue weighted by molar-refractivity contribution is 0.669. The van der Waals surface area contributed by atoms with Crippen LogP contribution in [0.3, 0.4) is 0 Å². The van der Waals surface area contributed by atoms with Gasteiger partial charge in [-0.2, -0.15) is 0 Å². The molecule has 0 spiro atoms. The highest BCUT2D eigenvalue weighted by molar-refractivity contribution is 6.26. The fraction of sp³-hybridized carbons (Fsp3) is 0. The molecule has 0 unspecified atom stereocenters. The highest BCUT2D eigenvalue weighted by Crippen LogP contribution is 2.49. The predicted octanol–water partition coefficient (Wildman–Crippen LogP) is 12.6. The van der Waals surface area contributed by atoms with Gasteiger partial charge in [-0.25, -0.2) is 0 Å². The molecule has 1 heteroatoms. The molecular weight excluding hydrogens is 544 g/mol. The monoisotopic (exact) mass is 581 g/mol. The maximum absolute atomic E-state index is 9.46. The number of rotatable bonds is 4. The Hall–Kier alpha value is -5.92. The Morgan fingerprint density at radius 3 is 1.80 bits per heavy atom. The first-order valence-corrected chi connectivity index (χ1v) is 14.7. The standard InChI is InChI=1S/C44H28O/c1-3-14-29(15-4-1)31-26-27-36-39(28-31)43(33-19-8-7-18-32(33)30-16-5-2-6-17-30)35-21-10-9-20-34(35)42(36)38-23-13-25-41-44(38)37-22-11-12-24-40(37)45-41/h1-28H/i2D,5D,6D,7D,8D,16D,17D,18D,19D. The van der Waals surface area contributed by atoms with Crippen LogP contribution in [0.5, 0.6) is 0 Å². The summed E-state index contributed by atoms with van der Waals surface area (Å²) in [5, 5.41) is 4.79. The zero-order valence-corrected chi connectivity index (χ0v) is 23.9. The molecule has 1 aromatic heterocycles. The lowest BCUT2D eigenvalue weighted by Crippen LogP contribution is -1.93. The number of benzene rings is 8. The number of hydrogen-bond donors (Lipinski definition) is 0. The smallest absolute Gasteiger partial charge is 0.136 e. The Balaban J connectivity index is 1.53. The summed E-state index contributed by atoms with van der Waals surface area (Å²) in [6.07, 6.45) is 0. The van der Waals surface area contributed by atoms with Crippen LogP contribution in [0.15, 0.2) is 174 Å². The van der Waals surface area contributed by atoms with Crippen molar-refractivity contribution in [1.82, 2.24) is 0 Å². The van der Waals surface area contributed by atoms with E-state index in [4.69, 9.17) is 14.0 Å². The molecule has 9 aromatic rings. The summed E-state index contributed by atoms with van der Waals surface area (Å²) >= 11 is 0. The van der Waals surface area contributed by atoms with Crippen LogP contribution in [0, 0.1) is 0 Å². The third kappa shape index (κ3) is 4.09. The molecule has 0 amide bonds. The van der Waals surface area contributed by atoms with Crippen molar-refractivity contribution in [2.75, 3.05) is 0 Å². The zero-order valence-electron chi connectivity index (χ0n) is 32.9. The second-order valence-electron chi connectivity index (χ2n) is 10.9. The van der Waals surface area contributed by atoms with Crippen LogP contribution in [-0.2, 0) is 0 Å². The fourth-order valence-electron chi connectivity index (χ4n) is 6.59. The van der Waals surface area contributed by atoms with E-state index in [1.165, 1.54) is 0 Å². The molecule has 0 atom stereocenters. The van der Waals surface area contributed by atoms with Gasteiger partial charge in [-0.15, -0.1) is 0 Å². The van der Waals surface area contributed by atoms with E-state index in [9.17, 15) is 2.74 Å². The molecule has 210 valence electrons. The van der Waals surface area contributed by atoms with Crippen molar-refractivity contribution in [1.29, 1.82) is 0 Å². The lowest BCUT2D eigenvalue weighted by atomic mass is 9.82. The molecular formula is C44H28O. The van der Waals surface area contributed by atoms with Crippen molar-refractivity contribution in [2.45, 2.75) is 0 Å². The van der Waals surface area contributed by atoms with Gasteiger partial charge in [-0.3, -0.25) is 0 Å². The quantitative estimate of drug-likeness (QED) is 0.188. The van der Waals surface area contributed by atoms with Crippen LogP contribution in [0.25, 0.3) is 88.0 Å². The van der Waals surface area contributed by atoms with Gasteiger partial charge < -0.3 is 4.42 Å². The molecule has 0 N–H and O–H groups in total. The van der Waals surface area contributed by atoms with Crippen LogP contribution in [-0.4, -0.2) is 0 Å². The van der Waals surface area contributed by atoms with E-state index in [1.54, 1.807) is 0 Å². The number of fused-ring (bicyclic) bond motifs is 5. The van der Waals surface area contributed by atoms with Gasteiger partial charge in [0.15, 0.2) is 0 Å². The first-order chi connectivity index (χ1) is 26.1. The number of furan rings is 1. The summed E-state index contributed by atoms with van der Waals surface area (Å²) in [6.45, 7) is 0. The zero-order chi connectivity index (χ0) is 37.6.